The quantitative estimate of drug-likeness (QED) is 0.121. The molecule has 0 aliphatic carbocycles. The molecule has 3 fully saturated rings. The van der Waals surface area contributed by atoms with Gasteiger partial charge in [0.1, 0.15) is 12.2 Å². The van der Waals surface area contributed by atoms with Crippen LogP contribution in [0, 0.1) is 5.92 Å². The van der Waals surface area contributed by atoms with Crippen molar-refractivity contribution in [1.29, 1.82) is 0 Å². The van der Waals surface area contributed by atoms with Gasteiger partial charge in [-0.1, -0.05) is 40.9 Å². The SMILES string of the molecule is C.C.CC(C)CC[C@H]1O[C@@H](C)CC1OP(O)(=S)OC[C@H]1O[C@@H](C)CC1OP(=O)(S)OC[C@H]1O[C@@H](C)CC1OC(C)C.[B].[B].[B]. The lowest BCUT2D eigenvalue weighted by Crippen LogP contribution is -2.31. The number of rotatable bonds is 15. The molecule has 3 aliphatic rings. The van der Waals surface area contributed by atoms with Crippen LogP contribution in [0.1, 0.15) is 95.4 Å². The molecule has 0 bridgehead atoms. The summed E-state index contributed by atoms with van der Waals surface area (Å²) in [7, 11) is 0. The van der Waals surface area contributed by atoms with Crippen LogP contribution >= 0.6 is 25.8 Å². The average Bonchev–Trinajstić information content (AvgIpc) is 3.44. The number of thiol groups is 1. The van der Waals surface area contributed by atoms with Gasteiger partial charge in [0, 0.05) is 44.5 Å². The third-order valence-electron chi connectivity index (χ3n) is 6.97. The highest BCUT2D eigenvalue weighted by Crippen LogP contribution is 2.56. The molecule has 3 rings (SSSR count). The fraction of sp³-hybridized carbons (Fsp3) is 1.00. The molecule has 0 amide bonds. The van der Waals surface area contributed by atoms with Crippen molar-refractivity contribution in [3.63, 3.8) is 0 Å². The van der Waals surface area contributed by atoms with Gasteiger partial charge in [-0.25, -0.2) is 4.57 Å². The standard InChI is InChI=1S/C25H48O10P2S2.2CH4.3B/c1-15(2)8-9-20-22(11-18(6)31-20)34-36(26,38)29-14-25-23(12-19(7)33-25)35-37(27,39)28-13-24-21(30-16(3)4)10-17(5)32-24;;;;;/h15-25H,8-14H2,1-7H3,(H,26,38)(H,27,39);2*1H4;;;/t17-,18-,19-,20+,21?,22?,23?,24+,25+,36?,37?;;;;;/m0...../s1. The van der Waals surface area contributed by atoms with Crippen molar-refractivity contribution in [2.75, 3.05) is 13.2 Å². The Morgan fingerprint density at radius 2 is 1.23 bits per heavy atom. The summed E-state index contributed by atoms with van der Waals surface area (Å²) < 4.78 is 59.8. The molecule has 44 heavy (non-hydrogen) atoms. The molecule has 3 aliphatic heterocycles. The summed E-state index contributed by atoms with van der Waals surface area (Å²) in [5.41, 5.74) is 0. The fourth-order valence-corrected chi connectivity index (χ4v) is 8.26. The fourth-order valence-electron chi connectivity index (χ4n) is 5.26. The van der Waals surface area contributed by atoms with Crippen molar-refractivity contribution in [3.05, 3.63) is 0 Å². The second-order valence-electron chi connectivity index (χ2n) is 11.7. The molecular formula is C27H56B3O10P2S2. The summed E-state index contributed by atoms with van der Waals surface area (Å²) in [5.74, 6) is 0.535. The predicted octanol–water partition coefficient (Wildman–Crippen LogP) is 5.94. The zero-order chi connectivity index (χ0) is 29.0. The van der Waals surface area contributed by atoms with Gasteiger partial charge in [-0.3, -0.25) is 9.05 Å². The zero-order valence-electron chi connectivity index (χ0n) is 25.9. The lowest BCUT2D eigenvalue weighted by molar-refractivity contribution is -0.0614. The van der Waals surface area contributed by atoms with Crippen LogP contribution in [0.3, 0.4) is 0 Å². The molecule has 9 radical (unpaired) electrons. The van der Waals surface area contributed by atoms with E-state index < -0.39 is 25.7 Å². The monoisotopic (exact) mass is 699 g/mol. The van der Waals surface area contributed by atoms with Crippen molar-refractivity contribution in [2.45, 2.75) is 156 Å². The zero-order valence-corrected chi connectivity index (χ0v) is 29.4. The summed E-state index contributed by atoms with van der Waals surface area (Å²) in [6, 6.07) is 0. The van der Waals surface area contributed by atoms with E-state index in [1.54, 1.807) is 0 Å². The van der Waals surface area contributed by atoms with Crippen LogP contribution in [-0.2, 0) is 53.4 Å². The first kappa shape index (κ1) is 49.5. The molecular weight excluding hydrogens is 643 g/mol. The smallest absolute Gasteiger partial charge is 0.373 e. The molecule has 255 valence electrons. The van der Waals surface area contributed by atoms with E-state index in [2.05, 4.69) is 26.1 Å². The van der Waals surface area contributed by atoms with Gasteiger partial charge in [-0.15, -0.1) is 0 Å². The molecule has 3 heterocycles. The highest BCUT2D eigenvalue weighted by atomic mass is 32.7. The Bertz CT molecular complexity index is 882. The van der Waals surface area contributed by atoms with E-state index in [1.165, 1.54) is 0 Å². The summed E-state index contributed by atoms with van der Waals surface area (Å²) in [6.45, 7) is 6.66. The van der Waals surface area contributed by atoms with E-state index in [-0.39, 0.29) is 102 Å². The normalized spacial score (nSPS) is 34.1. The summed E-state index contributed by atoms with van der Waals surface area (Å²) >= 11 is 9.52. The first-order valence-corrected chi connectivity index (χ1v) is 19.3. The van der Waals surface area contributed by atoms with Crippen molar-refractivity contribution in [2.24, 2.45) is 5.92 Å². The summed E-state index contributed by atoms with van der Waals surface area (Å²) in [5, 5.41) is 0. The molecule has 5 unspecified atom stereocenters. The van der Waals surface area contributed by atoms with E-state index in [0.717, 1.165) is 19.3 Å². The van der Waals surface area contributed by atoms with Gasteiger partial charge in [-0.05, 0) is 65.2 Å². The molecule has 1 N–H and O–H groups in total. The topological polar surface area (TPSA) is 111 Å². The second kappa shape index (κ2) is 21.9. The molecule has 0 aromatic heterocycles. The largest absolute Gasteiger partial charge is 0.386 e. The summed E-state index contributed by atoms with van der Waals surface area (Å²) in [4.78, 5) is 10.8. The molecule has 10 nitrogen and oxygen atoms in total. The van der Waals surface area contributed by atoms with E-state index in [9.17, 15) is 9.46 Å². The number of ether oxygens (including phenoxy) is 4. The van der Waals surface area contributed by atoms with Gasteiger partial charge in [-0.2, -0.15) is 0 Å². The lowest BCUT2D eigenvalue weighted by Gasteiger charge is -2.27. The lowest BCUT2D eigenvalue weighted by atomic mass is 10.0. The highest BCUT2D eigenvalue weighted by molar-refractivity contribution is 8.44. The first-order chi connectivity index (χ1) is 18.1. The van der Waals surface area contributed by atoms with Gasteiger partial charge in [0.15, 0.2) is 0 Å². The Hall–Kier alpha value is 1.06. The molecule has 0 aromatic carbocycles. The Morgan fingerprint density at radius 3 is 1.73 bits per heavy atom. The predicted molar refractivity (Wildman–Crippen MR) is 186 cm³/mol. The number of hydrogen-bond donors (Lipinski definition) is 2. The van der Waals surface area contributed by atoms with E-state index in [4.69, 9.17) is 48.8 Å². The minimum Gasteiger partial charge on any atom is -0.373 e. The van der Waals surface area contributed by atoms with Crippen LogP contribution in [0.5, 0.6) is 0 Å². The maximum absolute atomic E-state index is 13.1. The Kier molecular flexibility index (Phi) is 24.6. The third-order valence-corrected chi connectivity index (χ3v) is 10.2. The van der Waals surface area contributed by atoms with Crippen LogP contribution in [0.2, 0.25) is 0 Å². The van der Waals surface area contributed by atoms with Gasteiger partial charge in [0.2, 0.25) is 0 Å². The van der Waals surface area contributed by atoms with Crippen molar-refractivity contribution >= 4 is 62.8 Å². The van der Waals surface area contributed by atoms with E-state index in [1.807, 2.05) is 34.6 Å². The highest BCUT2D eigenvalue weighted by Gasteiger charge is 2.42. The maximum Gasteiger partial charge on any atom is 0.386 e. The minimum absolute atomic E-state index is 0. The van der Waals surface area contributed by atoms with Crippen molar-refractivity contribution < 1.29 is 46.5 Å². The van der Waals surface area contributed by atoms with Crippen molar-refractivity contribution in [1.82, 2.24) is 0 Å². The Morgan fingerprint density at radius 1 is 0.795 bits per heavy atom. The van der Waals surface area contributed by atoms with Crippen LogP contribution in [0.15, 0.2) is 0 Å². The van der Waals surface area contributed by atoms with Gasteiger partial charge in [0.25, 0.3) is 0 Å². The van der Waals surface area contributed by atoms with E-state index >= 15 is 0 Å². The first-order valence-electron chi connectivity index (χ1n) is 14.1. The van der Waals surface area contributed by atoms with Crippen LogP contribution in [-0.4, -0.2) is 104 Å². The Balaban J connectivity index is -0.00000336. The maximum atomic E-state index is 13.1. The molecule has 0 aromatic rings. The molecule has 0 saturated carbocycles. The van der Waals surface area contributed by atoms with Crippen molar-refractivity contribution in [3.8, 4) is 0 Å². The number of hydrogen-bond acceptors (Lipinski definition) is 10. The Labute approximate surface area is 284 Å². The van der Waals surface area contributed by atoms with E-state index in [0.29, 0.717) is 18.8 Å². The molecule has 11 atom stereocenters. The molecule has 17 heteroatoms. The molecule has 3 saturated heterocycles. The van der Waals surface area contributed by atoms with Gasteiger partial charge in [0.05, 0.1) is 62.0 Å². The van der Waals surface area contributed by atoms with Gasteiger partial charge < -0.3 is 32.9 Å². The minimum atomic E-state index is -3.76. The van der Waals surface area contributed by atoms with Crippen LogP contribution in [0.25, 0.3) is 0 Å². The average molecular weight is 699 g/mol. The van der Waals surface area contributed by atoms with Crippen LogP contribution < -0.4 is 0 Å². The van der Waals surface area contributed by atoms with Crippen LogP contribution in [0.4, 0.5) is 0 Å². The third kappa shape index (κ3) is 16.4. The second-order valence-corrected chi connectivity index (χ2v) is 17.3. The summed E-state index contributed by atoms with van der Waals surface area (Å²) in [6.07, 6.45) is 1.29. The van der Waals surface area contributed by atoms with Gasteiger partial charge >= 0.3 is 13.5 Å². The molecule has 0 spiro atoms.